The van der Waals surface area contributed by atoms with Crippen LogP contribution >= 0.6 is 0 Å². The van der Waals surface area contributed by atoms with Gasteiger partial charge in [-0.25, -0.2) is 13.8 Å². The molecule has 1 saturated heterocycles. The van der Waals surface area contributed by atoms with Crippen molar-refractivity contribution in [2.24, 2.45) is 0 Å². The predicted molar refractivity (Wildman–Crippen MR) is 84.2 cm³/mol. The average molecular weight is 335 g/mol. The number of nitrogens with zero attached hydrogens (tertiary/aromatic N) is 2. The van der Waals surface area contributed by atoms with Gasteiger partial charge in [-0.3, -0.25) is 4.79 Å². The van der Waals surface area contributed by atoms with Gasteiger partial charge in [0.25, 0.3) is 0 Å². The van der Waals surface area contributed by atoms with E-state index in [9.17, 15) is 13.6 Å². The lowest BCUT2D eigenvalue weighted by atomic mass is 10.2. The van der Waals surface area contributed by atoms with E-state index in [0.29, 0.717) is 12.3 Å². The quantitative estimate of drug-likeness (QED) is 0.911. The van der Waals surface area contributed by atoms with E-state index in [4.69, 9.17) is 4.42 Å². The molecule has 0 saturated carbocycles. The van der Waals surface area contributed by atoms with Crippen molar-refractivity contribution < 1.29 is 18.0 Å². The van der Waals surface area contributed by atoms with E-state index in [-0.39, 0.29) is 29.7 Å². The van der Waals surface area contributed by atoms with Crippen molar-refractivity contribution in [3.63, 3.8) is 0 Å². The van der Waals surface area contributed by atoms with E-state index < -0.39 is 11.6 Å². The summed E-state index contributed by atoms with van der Waals surface area (Å²) < 4.78 is 32.2. The largest absolute Gasteiger partial charge is 0.441 e. The number of amides is 1. The van der Waals surface area contributed by atoms with Crippen molar-refractivity contribution in [1.29, 1.82) is 0 Å². The number of likely N-dealkylation sites (N-methyl/N-ethyl adjacent to an activating group) is 1. The molecular formula is C17H19F2N3O2. The normalized spacial score (nSPS) is 17.2. The van der Waals surface area contributed by atoms with Gasteiger partial charge >= 0.3 is 0 Å². The smallest absolute Gasteiger partial charge is 0.223 e. The number of carbonyl (C=O) groups is 1. The average Bonchev–Trinajstić information content (AvgIpc) is 3.23. The number of hydrogen-bond acceptors (Lipinski definition) is 4. The molecule has 2 aromatic rings. The van der Waals surface area contributed by atoms with Crippen LogP contribution in [0.2, 0.25) is 0 Å². The van der Waals surface area contributed by atoms with Crippen LogP contribution in [0.3, 0.4) is 0 Å². The van der Waals surface area contributed by atoms with Crippen LogP contribution in [0.5, 0.6) is 0 Å². The molecule has 2 heterocycles. The zero-order chi connectivity index (χ0) is 17.1. The number of aromatic nitrogens is 1. The number of halogens is 2. The molecule has 24 heavy (non-hydrogen) atoms. The number of rotatable bonds is 5. The second-order valence-corrected chi connectivity index (χ2v) is 5.89. The first-order valence-corrected chi connectivity index (χ1v) is 7.91. The third-order valence-electron chi connectivity index (χ3n) is 4.28. The Labute approximate surface area is 138 Å². The SMILES string of the molecule is CN(C(=O)CCc1ncc(-c2ccc(F)cc2F)o1)C1CCNC1. The minimum atomic E-state index is -0.706. The molecule has 0 radical (unpaired) electrons. The van der Waals surface area contributed by atoms with E-state index in [2.05, 4.69) is 10.3 Å². The summed E-state index contributed by atoms with van der Waals surface area (Å²) in [6.07, 6.45) is 2.96. The lowest BCUT2D eigenvalue weighted by molar-refractivity contribution is -0.131. The van der Waals surface area contributed by atoms with E-state index in [1.807, 2.05) is 0 Å². The zero-order valence-electron chi connectivity index (χ0n) is 13.4. The molecule has 0 spiro atoms. The molecule has 3 rings (SSSR count). The van der Waals surface area contributed by atoms with Crippen LogP contribution in [0.15, 0.2) is 28.8 Å². The molecule has 7 heteroatoms. The molecule has 1 unspecified atom stereocenters. The van der Waals surface area contributed by atoms with Crippen LogP contribution in [0.25, 0.3) is 11.3 Å². The number of hydrogen-bond donors (Lipinski definition) is 1. The van der Waals surface area contributed by atoms with Crippen molar-refractivity contribution >= 4 is 5.91 Å². The highest BCUT2D eigenvalue weighted by molar-refractivity contribution is 5.76. The Kier molecular flexibility index (Phi) is 4.89. The topological polar surface area (TPSA) is 58.4 Å². The van der Waals surface area contributed by atoms with Gasteiger partial charge in [0.2, 0.25) is 5.91 Å². The summed E-state index contributed by atoms with van der Waals surface area (Å²) in [5.74, 6) is -0.743. The minimum absolute atomic E-state index is 0.0245. The second kappa shape index (κ2) is 7.09. The van der Waals surface area contributed by atoms with Crippen molar-refractivity contribution in [1.82, 2.24) is 15.2 Å². The Bertz CT molecular complexity index is 726. The van der Waals surface area contributed by atoms with Crippen molar-refractivity contribution in [3.05, 3.63) is 41.9 Å². The van der Waals surface area contributed by atoms with E-state index in [1.165, 1.54) is 12.3 Å². The Balaban J connectivity index is 1.60. The Morgan fingerprint density at radius 3 is 3.00 bits per heavy atom. The Hall–Kier alpha value is -2.28. The fourth-order valence-corrected chi connectivity index (χ4v) is 2.80. The van der Waals surface area contributed by atoms with Gasteiger partial charge in [-0.2, -0.15) is 0 Å². The van der Waals surface area contributed by atoms with Crippen LogP contribution < -0.4 is 5.32 Å². The highest BCUT2D eigenvalue weighted by atomic mass is 19.1. The van der Waals surface area contributed by atoms with E-state index in [0.717, 1.165) is 31.6 Å². The fourth-order valence-electron chi connectivity index (χ4n) is 2.80. The molecule has 1 aromatic carbocycles. The zero-order valence-corrected chi connectivity index (χ0v) is 13.4. The summed E-state index contributed by atoms with van der Waals surface area (Å²) in [5.41, 5.74) is 0.149. The lowest BCUT2D eigenvalue weighted by Gasteiger charge is -2.23. The number of benzene rings is 1. The summed E-state index contributed by atoms with van der Waals surface area (Å²) in [5, 5.41) is 3.23. The number of carbonyl (C=O) groups excluding carboxylic acids is 1. The summed E-state index contributed by atoms with van der Waals surface area (Å²) >= 11 is 0. The lowest BCUT2D eigenvalue weighted by Crippen LogP contribution is -2.38. The molecule has 1 aliphatic rings. The summed E-state index contributed by atoms with van der Waals surface area (Å²) in [6, 6.07) is 3.49. The van der Waals surface area contributed by atoms with Gasteiger partial charge in [-0.05, 0) is 25.1 Å². The highest BCUT2D eigenvalue weighted by Crippen LogP contribution is 2.24. The molecule has 1 atom stereocenters. The summed E-state index contributed by atoms with van der Waals surface area (Å²) in [4.78, 5) is 18.0. The molecule has 1 aliphatic heterocycles. The third kappa shape index (κ3) is 3.62. The van der Waals surface area contributed by atoms with Gasteiger partial charge in [-0.1, -0.05) is 0 Å². The molecule has 0 aliphatic carbocycles. The van der Waals surface area contributed by atoms with Crippen molar-refractivity contribution in [3.8, 4) is 11.3 Å². The van der Waals surface area contributed by atoms with Crippen molar-refractivity contribution in [2.75, 3.05) is 20.1 Å². The first-order valence-electron chi connectivity index (χ1n) is 7.91. The van der Waals surface area contributed by atoms with Gasteiger partial charge in [0.05, 0.1) is 11.8 Å². The first-order chi connectivity index (χ1) is 11.5. The van der Waals surface area contributed by atoms with Gasteiger partial charge in [-0.15, -0.1) is 0 Å². The summed E-state index contributed by atoms with van der Waals surface area (Å²) in [7, 11) is 1.80. The molecule has 1 amide bonds. The maximum atomic E-state index is 13.7. The predicted octanol–water partition coefficient (Wildman–Crippen LogP) is 2.37. The molecule has 128 valence electrons. The minimum Gasteiger partial charge on any atom is -0.441 e. The van der Waals surface area contributed by atoms with E-state index in [1.54, 1.807) is 11.9 Å². The van der Waals surface area contributed by atoms with Gasteiger partial charge < -0.3 is 14.6 Å². The molecule has 0 bridgehead atoms. The summed E-state index contributed by atoms with van der Waals surface area (Å²) in [6.45, 7) is 1.74. The molecular weight excluding hydrogens is 316 g/mol. The Morgan fingerprint density at radius 2 is 2.29 bits per heavy atom. The van der Waals surface area contributed by atoms with E-state index >= 15 is 0 Å². The van der Waals surface area contributed by atoms with Crippen LogP contribution in [-0.4, -0.2) is 42.0 Å². The molecule has 1 aromatic heterocycles. The maximum Gasteiger partial charge on any atom is 0.223 e. The standard InChI is InChI=1S/C17H19F2N3O2/c1-22(12-6-7-20-9-12)17(23)5-4-16-21-10-15(24-16)13-3-2-11(18)8-14(13)19/h2-3,8,10,12,20H,4-7,9H2,1H3. The monoisotopic (exact) mass is 335 g/mol. The molecule has 1 N–H and O–H groups in total. The van der Waals surface area contributed by atoms with Crippen LogP contribution in [-0.2, 0) is 11.2 Å². The molecule has 1 fully saturated rings. The fraction of sp³-hybridized carbons (Fsp3) is 0.412. The third-order valence-corrected chi connectivity index (χ3v) is 4.28. The highest BCUT2D eigenvalue weighted by Gasteiger charge is 2.23. The number of nitrogens with one attached hydrogen (secondary N) is 1. The van der Waals surface area contributed by atoms with Crippen LogP contribution in [0.4, 0.5) is 8.78 Å². The van der Waals surface area contributed by atoms with Crippen LogP contribution in [0.1, 0.15) is 18.7 Å². The van der Waals surface area contributed by atoms with Gasteiger partial charge in [0.15, 0.2) is 11.7 Å². The second-order valence-electron chi connectivity index (χ2n) is 5.89. The first kappa shape index (κ1) is 16.6. The van der Waals surface area contributed by atoms with Crippen LogP contribution in [0, 0.1) is 11.6 Å². The van der Waals surface area contributed by atoms with Crippen molar-refractivity contribution in [2.45, 2.75) is 25.3 Å². The Morgan fingerprint density at radius 1 is 1.46 bits per heavy atom. The maximum absolute atomic E-state index is 13.7. The number of aryl methyl sites for hydroxylation is 1. The molecule has 5 nitrogen and oxygen atoms in total. The number of oxazole rings is 1. The van der Waals surface area contributed by atoms with Gasteiger partial charge in [0, 0.05) is 38.5 Å². The van der Waals surface area contributed by atoms with Gasteiger partial charge in [0.1, 0.15) is 11.6 Å².